The van der Waals surface area contributed by atoms with Crippen LogP contribution in [0.25, 0.3) is 0 Å². The second-order valence-electron chi connectivity index (χ2n) is 7.40. The van der Waals surface area contributed by atoms with Crippen LogP contribution in [-0.4, -0.2) is 25.2 Å². The number of nitrogens with one attached hydrogen (secondary N) is 1. The second-order valence-corrected chi connectivity index (χ2v) is 9.33. The summed E-state index contributed by atoms with van der Waals surface area (Å²) in [5, 5.41) is 2.80. The molecule has 0 saturated heterocycles. The fourth-order valence-corrected chi connectivity index (χ4v) is 4.47. The van der Waals surface area contributed by atoms with Crippen LogP contribution >= 0.6 is 0 Å². The third-order valence-corrected chi connectivity index (χ3v) is 6.57. The molecule has 0 heterocycles. The van der Waals surface area contributed by atoms with Crippen LogP contribution < -0.4 is 5.32 Å². The van der Waals surface area contributed by atoms with E-state index in [1.807, 2.05) is 54.6 Å². The van der Waals surface area contributed by atoms with E-state index < -0.39 is 10.0 Å². The van der Waals surface area contributed by atoms with Gasteiger partial charge in [-0.05, 0) is 41.3 Å². The molecule has 0 unspecified atom stereocenters. The summed E-state index contributed by atoms with van der Waals surface area (Å²) in [7, 11) is -3.83. The summed E-state index contributed by atoms with van der Waals surface area (Å²) in [5.74, 6) is 0.00913. The van der Waals surface area contributed by atoms with Gasteiger partial charge >= 0.3 is 0 Å². The molecule has 0 saturated carbocycles. The molecule has 156 valence electrons. The first-order chi connectivity index (χ1) is 14.4. The van der Waals surface area contributed by atoms with E-state index in [0.29, 0.717) is 11.6 Å². The lowest BCUT2D eigenvalue weighted by Gasteiger charge is -2.22. The Bertz CT molecular complexity index is 1060. The van der Waals surface area contributed by atoms with Gasteiger partial charge in [-0.3, -0.25) is 4.79 Å². The van der Waals surface area contributed by atoms with E-state index in [0.717, 1.165) is 5.56 Å². The van der Waals surface area contributed by atoms with Crippen LogP contribution in [0, 0.1) is 0 Å². The van der Waals surface area contributed by atoms with Gasteiger partial charge in [-0.25, -0.2) is 8.42 Å². The Morgan fingerprint density at radius 1 is 0.867 bits per heavy atom. The quantitative estimate of drug-likeness (QED) is 0.575. The smallest absolute Gasteiger partial charge is 0.243 e. The minimum Gasteiger partial charge on any atom is -0.325 e. The van der Waals surface area contributed by atoms with Crippen LogP contribution in [0.15, 0.2) is 89.8 Å². The molecule has 6 heteroatoms. The number of hydrogen-bond donors (Lipinski definition) is 1. The third kappa shape index (κ3) is 5.55. The first-order valence-corrected chi connectivity index (χ1v) is 11.3. The van der Waals surface area contributed by atoms with E-state index in [1.165, 1.54) is 22.0 Å². The maximum absolute atomic E-state index is 13.2. The number of benzene rings is 3. The van der Waals surface area contributed by atoms with Crippen molar-refractivity contribution in [3.63, 3.8) is 0 Å². The summed E-state index contributed by atoms with van der Waals surface area (Å²) in [6, 6.07) is 25.0. The maximum Gasteiger partial charge on any atom is 0.243 e. The highest BCUT2D eigenvalue weighted by Gasteiger charge is 2.26. The molecule has 30 heavy (non-hydrogen) atoms. The Kier molecular flexibility index (Phi) is 7.03. The molecule has 0 radical (unpaired) electrons. The number of rotatable bonds is 8. The van der Waals surface area contributed by atoms with Gasteiger partial charge in [-0.15, -0.1) is 0 Å². The van der Waals surface area contributed by atoms with E-state index in [1.54, 1.807) is 18.2 Å². The van der Waals surface area contributed by atoms with E-state index in [-0.39, 0.29) is 23.9 Å². The minimum atomic E-state index is -3.83. The number of sulfonamides is 1. The first kappa shape index (κ1) is 21.7. The summed E-state index contributed by atoms with van der Waals surface area (Å²) >= 11 is 0. The van der Waals surface area contributed by atoms with Crippen molar-refractivity contribution < 1.29 is 13.2 Å². The Balaban J connectivity index is 1.80. The summed E-state index contributed by atoms with van der Waals surface area (Å²) in [5.41, 5.74) is 2.62. The molecule has 0 aliphatic carbocycles. The lowest BCUT2D eigenvalue weighted by molar-refractivity contribution is -0.116. The summed E-state index contributed by atoms with van der Waals surface area (Å²) in [6.07, 6.45) is 0. The molecule has 3 aromatic rings. The van der Waals surface area contributed by atoms with E-state index >= 15 is 0 Å². The lowest BCUT2D eigenvalue weighted by Crippen LogP contribution is -2.37. The highest BCUT2D eigenvalue weighted by molar-refractivity contribution is 7.89. The van der Waals surface area contributed by atoms with Gasteiger partial charge in [0.15, 0.2) is 0 Å². The Morgan fingerprint density at radius 3 is 2.00 bits per heavy atom. The standard InChI is InChI=1S/C24H26N2O3S/c1-19(2)21-13-15-22(16-14-21)25-24(27)18-26(17-20-9-5-3-6-10-20)30(28,29)23-11-7-4-8-12-23/h3-16,19H,17-18H2,1-2H3,(H,25,27). The van der Waals surface area contributed by atoms with Crippen molar-refractivity contribution in [3.05, 3.63) is 96.1 Å². The average molecular weight is 423 g/mol. The topological polar surface area (TPSA) is 66.5 Å². The van der Waals surface area contributed by atoms with Crippen LogP contribution in [0.2, 0.25) is 0 Å². The van der Waals surface area contributed by atoms with Crippen molar-refractivity contribution in [2.75, 3.05) is 11.9 Å². The lowest BCUT2D eigenvalue weighted by atomic mass is 10.0. The molecule has 0 aliphatic rings. The SMILES string of the molecule is CC(C)c1ccc(NC(=O)CN(Cc2ccccc2)S(=O)(=O)c2ccccc2)cc1. The van der Waals surface area contributed by atoms with Crippen molar-refractivity contribution in [3.8, 4) is 0 Å². The van der Waals surface area contributed by atoms with Gasteiger partial charge in [-0.2, -0.15) is 4.31 Å². The van der Waals surface area contributed by atoms with Crippen molar-refractivity contribution in [2.45, 2.75) is 31.2 Å². The van der Waals surface area contributed by atoms with Crippen LogP contribution in [-0.2, 0) is 21.4 Å². The molecule has 0 aromatic heterocycles. The van der Waals surface area contributed by atoms with E-state index in [9.17, 15) is 13.2 Å². The number of hydrogen-bond acceptors (Lipinski definition) is 3. The van der Waals surface area contributed by atoms with Crippen molar-refractivity contribution >= 4 is 21.6 Å². The molecule has 0 fully saturated rings. The van der Waals surface area contributed by atoms with Gasteiger partial charge in [0.25, 0.3) is 0 Å². The van der Waals surface area contributed by atoms with Gasteiger partial charge in [0.1, 0.15) is 0 Å². The summed E-state index contributed by atoms with van der Waals surface area (Å²) in [6.45, 7) is 4.03. The molecule has 5 nitrogen and oxygen atoms in total. The minimum absolute atomic E-state index is 0.109. The Morgan fingerprint density at radius 2 is 1.43 bits per heavy atom. The molecule has 0 spiro atoms. The molecule has 3 aromatic carbocycles. The number of carbonyl (C=O) groups excluding carboxylic acids is 1. The zero-order chi connectivity index (χ0) is 21.6. The maximum atomic E-state index is 13.2. The van der Waals surface area contributed by atoms with Crippen LogP contribution in [0.5, 0.6) is 0 Å². The zero-order valence-electron chi connectivity index (χ0n) is 17.2. The molecule has 1 amide bonds. The number of carbonyl (C=O) groups is 1. The normalized spacial score (nSPS) is 11.6. The largest absolute Gasteiger partial charge is 0.325 e. The fourth-order valence-electron chi connectivity index (χ4n) is 3.07. The van der Waals surface area contributed by atoms with E-state index in [2.05, 4.69) is 19.2 Å². The third-order valence-electron chi connectivity index (χ3n) is 4.76. The van der Waals surface area contributed by atoms with Crippen LogP contribution in [0.1, 0.15) is 30.9 Å². The summed E-state index contributed by atoms with van der Waals surface area (Å²) in [4.78, 5) is 12.9. The van der Waals surface area contributed by atoms with Crippen LogP contribution in [0.4, 0.5) is 5.69 Å². The highest BCUT2D eigenvalue weighted by atomic mass is 32.2. The van der Waals surface area contributed by atoms with Gasteiger partial charge in [-0.1, -0.05) is 74.5 Å². The van der Waals surface area contributed by atoms with Gasteiger partial charge in [0.2, 0.25) is 15.9 Å². The van der Waals surface area contributed by atoms with Crippen molar-refractivity contribution in [1.82, 2.24) is 4.31 Å². The van der Waals surface area contributed by atoms with Gasteiger partial charge < -0.3 is 5.32 Å². The predicted octanol–water partition coefficient (Wildman–Crippen LogP) is 4.64. The molecule has 3 rings (SSSR count). The van der Waals surface area contributed by atoms with Gasteiger partial charge in [0, 0.05) is 12.2 Å². The highest BCUT2D eigenvalue weighted by Crippen LogP contribution is 2.20. The molecule has 1 N–H and O–H groups in total. The number of nitrogens with zero attached hydrogens (tertiary/aromatic N) is 1. The summed E-state index contributed by atoms with van der Waals surface area (Å²) < 4.78 is 27.6. The molecular formula is C24H26N2O3S. The number of amides is 1. The molecule has 0 aliphatic heterocycles. The first-order valence-electron chi connectivity index (χ1n) is 9.85. The fraction of sp³-hybridized carbons (Fsp3) is 0.208. The molecule has 0 bridgehead atoms. The van der Waals surface area contributed by atoms with Gasteiger partial charge in [0.05, 0.1) is 11.4 Å². The second kappa shape index (κ2) is 9.69. The monoisotopic (exact) mass is 422 g/mol. The van der Waals surface area contributed by atoms with E-state index in [4.69, 9.17) is 0 Å². The molecular weight excluding hydrogens is 396 g/mol. The average Bonchev–Trinajstić information content (AvgIpc) is 2.75. The van der Waals surface area contributed by atoms with Crippen LogP contribution in [0.3, 0.4) is 0 Å². The predicted molar refractivity (Wildman–Crippen MR) is 120 cm³/mol. The van der Waals surface area contributed by atoms with Crippen molar-refractivity contribution in [2.24, 2.45) is 0 Å². The zero-order valence-corrected chi connectivity index (χ0v) is 18.0. The Labute approximate surface area is 178 Å². The molecule has 0 atom stereocenters. The Hall–Kier alpha value is -2.96. The number of anilines is 1. The van der Waals surface area contributed by atoms with Crippen molar-refractivity contribution in [1.29, 1.82) is 0 Å².